The summed E-state index contributed by atoms with van der Waals surface area (Å²) in [6.45, 7) is 1.73. The van der Waals surface area contributed by atoms with E-state index in [4.69, 9.17) is 5.11 Å². The number of carboxylic acids is 1. The SMILES string of the molecule is Cc1ccc(O)c(C(=O)N2C[C@H](O)C[C@@H]2C(=O)O)c1. The third-order valence-electron chi connectivity index (χ3n) is 3.21. The topological polar surface area (TPSA) is 98.1 Å². The predicted octanol–water partition coefficient (Wildman–Crippen LogP) is 0.361. The van der Waals surface area contributed by atoms with Gasteiger partial charge in [0.15, 0.2) is 0 Å². The molecule has 0 spiro atoms. The van der Waals surface area contributed by atoms with Crippen LogP contribution < -0.4 is 0 Å². The van der Waals surface area contributed by atoms with Crippen molar-refractivity contribution < 1.29 is 24.9 Å². The Kier molecular flexibility index (Phi) is 3.44. The van der Waals surface area contributed by atoms with Crippen molar-refractivity contribution in [2.24, 2.45) is 0 Å². The van der Waals surface area contributed by atoms with Crippen molar-refractivity contribution >= 4 is 11.9 Å². The van der Waals surface area contributed by atoms with Gasteiger partial charge in [0.25, 0.3) is 5.91 Å². The molecule has 1 saturated heterocycles. The Hall–Kier alpha value is -2.08. The van der Waals surface area contributed by atoms with E-state index in [1.165, 1.54) is 12.1 Å². The summed E-state index contributed by atoms with van der Waals surface area (Å²) in [6, 6.07) is 3.49. The predicted molar refractivity (Wildman–Crippen MR) is 65.9 cm³/mol. The van der Waals surface area contributed by atoms with Crippen molar-refractivity contribution in [2.45, 2.75) is 25.5 Å². The largest absolute Gasteiger partial charge is 0.507 e. The number of likely N-dealkylation sites (tertiary alicyclic amines) is 1. The highest BCUT2D eigenvalue weighted by Crippen LogP contribution is 2.25. The summed E-state index contributed by atoms with van der Waals surface area (Å²) in [5.74, 6) is -1.93. The van der Waals surface area contributed by atoms with E-state index >= 15 is 0 Å². The van der Waals surface area contributed by atoms with Crippen LogP contribution in [0.15, 0.2) is 18.2 Å². The zero-order valence-electron chi connectivity index (χ0n) is 10.4. The van der Waals surface area contributed by atoms with Crippen LogP contribution in [-0.4, -0.2) is 50.8 Å². The third-order valence-corrected chi connectivity index (χ3v) is 3.21. The number of aryl methyl sites for hydroxylation is 1. The van der Waals surface area contributed by atoms with Crippen LogP contribution in [0.3, 0.4) is 0 Å². The minimum atomic E-state index is -1.16. The molecule has 0 saturated carbocycles. The van der Waals surface area contributed by atoms with E-state index in [1.54, 1.807) is 13.0 Å². The fourth-order valence-corrected chi connectivity index (χ4v) is 2.25. The Labute approximate surface area is 109 Å². The number of hydrogen-bond donors (Lipinski definition) is 3. The molecular formula is C13H15NO5. The summed E-state index contributed by atoms with van der Waals surface area (Å²) in [4.78, 5) is 24.4. The number of aliphatic hydroxyl groups is 1. The van der Waals surface area contributed by atoms with Crippen LogP contribution in [0.4, 0.5) is 0 Å². The molecule has 0 aromatic heterocycles. The van der Waals surface area contributed by atoms with Gasteiger partial charge < -0.3 is 20.2 Å². The molecule has 1 aromatic carbocycles. The van der Waals surface area contributed by atoms with E-state index in [0.717, 1.165) is 10.5 Å². The molecule has 0 aliphatic carbocycles. The second-order valence-electron chi connectivity index (χ2n) is 4.72. The number of nitrogens with zero attached hydrogens (tertiary/aromatic N) is 1. The van der Waals surface area contributed by atoms with Crippen molar-refractivity contribution in [1.29, 1.82) is 0 Å². The van der Waals surface area contributed by atoms with E-state index in [0.29, 0.717) is 0 Å². The lowest BCUT2D eigenvalue weighted by molar-refractivity contribution is -0.141. The van der Waals surface area contributed by atoms with Crippen LogP contribution in [-0.2, 0) is 4.79 Å². The number of aliphatic hydroxyl groups excluding tert-OH is 1. The molecule has 2 atom stereocenters. The minimum Gasteiger partial charge on any atom is -0.507 e. The number of hydrogen-bond acceptors (Lipinski definition) is 4. The van der Waals surface area contributed by atoms with Gasteiger partial charge in [-0.1, -0.05) is 11.6 Å². The lowest BCUT2D eigenvalue weighted by Gasteiger charge is -2.21. The van der Waals surface area contributed by atoms with Gasteiger partial charge in [0.05, 0.1) is 11.7 Å². The van der Waals surface area contributed by atoms with Gasteiger partial charge in [-0.3, -0.25) is 4.79 Å². The molecule has 1 fully saturated rings. The molecule has 1 aliphatic rings. The van der Waals surface area contributed by atoms with Gasteiger partial charge in [-0.15, -0.1) is 0 Å². The molecule has 2 rings (SSSR count). The quantitative estimate of drug-likeness (QED) is 0.717. The Morgan fingerprint density at radius 3 is 2.68 bits per heavy atom. The van der Waals surface area contributed by atoms with Gasteiger partial charge in [-0.25, -0.2) is 4.79 Å². The molecule has 1 amide bonds. The summed E-state index contributed by atoms with van der Waals surface area (Å²) >= 11 is 0. The van der Waals surface area contributed by atoms with Gasteiger partial charge in [0, 0.05) is 13.0 Å². The molecule has 6 heteroatoms. The molecule has 19 heavy (non-hydrogen) atoms. The van der Waals surface area contributed by atoms with E-state index in [1.807, 2.05) is 0 Å². The average Bonchev–Trinajstić information content (AvgIpc) is 2.74. The standard InChI is InChI=1S/C13H15NO5/c1-7-2-3-11(16)9(4-7)12(17)14-6-8(15)5-10(14)13(18)19/h2-4,8,10,15-16H,5-6H2,1H3,(H,18,19)/t8-,10-/m1/s1. The number of benzene rings is 1. The van der Waals surface area contributed by atoms with Crippen LogP contribution in [0.1, 0.15) is 22.3 Å². The molecule has 0 radical (unpaired) electrons. The molecule has 1 heterocycles. The number of aliphatic carboxylic acids is 1. The first-order valence-corrected chi connectivity index (χ1v) is 5.91. The lowest BCUT2D eigenvalue weighted by Crippen LogP contribution is -2.40. The molecule has 102 valence electrons. The number of β-amino-alcohol motifs (C(OH)–C–C–N with tert-alkyl or cyclic N) is 1. The minimum absolute atomic E-state index is 0.00759. The van der Waals surface area contributed by atoms with Gasteiger partial charge in [0.2, 0.25) is 0 Å². The van der Waals surface area contributed by atoms with E-state index in [-0.39, 0.29) is 24.3 Å². The highest BCUT2D eigenvalue weighted by molar-refractivity contribution is 5.99. The van der Waals surface area contributed by atoms with Crippen LogP contribution in [0.2, 0.25) is 0 Å². The zero-order chi connectivity index (χ0) is 14.2. The molecule has 6 nitrogen and oxygen atoms in total. The summed E-state index contributed by atoms with van der Waals surface area (Å²) in [7, 11) is 0. The maximum absolute atomic E-state index is 12.3. The normalized spacial score (nSPS) is 22.5. The summed E-state index contributed by atoms with van der Waals surface area (Å²) in [5, 5.41) is 28.3. The van der Waals surface area contributed by atoms with Crippen molar-refractivity contribution in [1.82, 2.24) is 4.90 Å². The highest BCUT2D eigenvalue weighted by Gasteiger charge is 2.39. The van der Waals surface area contributed by atoms with Crippen LogP contribution in [0.25, 0.3) is 0 Å². The molecule has 1 aromatic rings. The van der Waals surface area contributed by atoms with E-state index in [9.17, 15) is 19.8 Å². The van der Waals surface area contributed by atoms with Gasteiger partial charge in [-0.05, 0) is 19.1 Å². The van der Waals surface area contributed by atoms with Crippen molar-refractivity contribution in [3.8, 4) is 5.75 Å². The second kappa shape index (κ2) is 4.89. The average molecular weight is 265 g/mol. The molecule has 0 unspecified atom stereocenters. The Morgan fingerprint density at radius 2 is 2.05 bits per heavy atom. The molecule has 3 N–H and O–H groups in total. The van der Waals surface area contributed by atoms with E-state index in [2.05, 4.69) is 0 Å². The number of carbonyl (C=O) groups is 2. The third kappa shape index (κ3) is 2.53. The lowest BCUT2D eigenvalue weighted by atomic mass is 10.1. The summed E-state index contributed by atoms with van der Waals surface area (Å²) < 4.78 is 0. The number of aromatic hydroxyl groups is 1. The second-order valence-corrected chi connectivity index (χ2v) is 4.72. The fourth-order valence-electron chi connectivity index (χ4n) is 2.25. The number of carbonyl (C=O) groups excluding carboxylic acids is 1. The van der Waals surface area contributed by atoms with Crippen molar-refractivity contribution in [3.05, 3.63) is 29.3 Å². The zero-order valence-corrected chi connectivity index (χ0v) is 10.4. The molecule has 0 bridgehead atoms. The Morgan fingerprint density at radius 1 is 1.37 bits per heavy atom. The van der Waals surface area contributed by atoms with Crippen LogP contribution in [0.5, 0.6) is 5.75 Å². The number of phenolic OH excluding ortho intramolecular Hbond substituents is 1. The maximum Gasteiger partial charge on any atom is 0.326 e. The summed E-state index contributed by atoms with van der Waals surface area (Å²) in [5.41, 5.74) is 0.841. The first kappa shape index (κ1) is 13.4. The maximum atomic E-state index is 12.3. The number of rotatable bonds is 2. The number of carboxylic acid groups (broad SMARTS) is 1. The molecule has 1 aliphatic heterocycles. The monoisotopic (exact) mass is 265 g/mol. The van der Waals surface area contributed by atoms with Crippen molar-refractivity contribution in [3.63, 3.8) is 0 Å². The number of amides is 1. The Balaban J connectivity index is 2.33. The first-order valence-electron chi connectivity index (χ1n) is 5.91. The van der Waals surface area contributed by atoms with Crippen LogP contribution >= 0.6 is 0 Å². The van der Waals surface area contributed by atoms with E-state index < -0.39 is 24.0 Å². The van der Waals surface area contributed by atoms with Gasteiger partial charge in [-0.2, -0.15) is 0 Å². The van der Waals surface area contributed by atoms with Crippen LogP contribution in [0, 0.1) is 6.92 Å². The molecular weight excluding hydrogens is 250 g/mol. The van der Waals surface area contributed by atoms with Gasteiger partial charge >= 0.3 is 5.97 Å². The number of phenols is 1. The summed E-state index contributed by atoms with van der Waals surface area (Å²) in [6.07, 6.45) is -0.842. The van der Waals surface area contributed by atoms with Crippen molar-refractivity contribution in [2.75, 3.05) is 6.54 Å². The first-order chi connectivity index (χ1) is 8.90. The fraction of sp³-hybridized carbons (Fsp3) is 0.385. The van der Waals surface area contributed by atoms with Gasteiger partial charge in [0.1, 0.15) is 11.8 Å². The smallest absolute Gasteiger partial charge is 0.326 e. The highest BCUT2D eigenvalue weighted by atomic mass is 16.4. The Bertz CT molecular complexity index is 528.